The zero-order chi connectivity index (χ0) is 16.9. The second-order valence-corrected chi connectivity index (χ2v) is 5.02. The second kappa shape index (κ2) is 7.37. The summed E-state index contributed by atoms with van der Waals surface area (Å²) in [4.78, 5) is 11.9. The van der Waals surface area contributed by atoms with Crippen molar-refractivity contribution in [1.82, 2.24) is 5.32 Å². The van der Waals surface area contributed by atoms with E-state index in [1.165, 1.54) is 12.1 Å². The molecule has 122 valence electrons. The van der Waals surface area contributed by atoms with Crippen LogP contribution in [0, 0.1) is 0 Å². The maximum atomic E-state index is 12.6. The van der Waals surface area contributed by atoms with Crippen LogP contribution in [0.4, 0.5) is 13.2 Å². The van der Waals surface area contributed by atoms with Crippen LogP contribution in [0.1, 0.15) is 15.9 Å². The molecule has 1 amide bonds. The third-order valence-electron chi connectivity index (χ3n) is 2.94. The van der Waals surface area contributed by atoms with Crippen LogP contribution >= 0.6 is 11.6 Å². The molecule has 1 N–H and O–H groups in total. The van der Waals surface area contributed by atoms with Gasteiger partial charge in [-0.1, -0.05) is 29.8 Å². The Hall–Kier alpha value is -2.21. The summed E-state index contributed by atoms with van der Waals surface area (Å²) in [5, 5.41) is 2.91. The molecule has 2 aromatic rings. The lowest BCUT2D eigenvalue weighted by molar-refractivity contribution is -0.137. The number of alkyl halides is 3. The number of rotatable bonds is 5. The van der Waals surface area contributed by atoms with Crippen LogP contribution in [-0.4, -0.2) is 19.1 Å². The fourth-order valence-electron chi connectivity index (χ4n) is 1.84. The van der Waals surface area contributed by atoms with Gasteiger partial charge in [-0.3, -0.25) is 4.79 Å². The number of halogens is 4. The highest BCUT2D eigenvalue weighted by Gasteiger charge is 2.30. The van der Waals surface area contributed by atoms with E-state index in [9.17, 15) is 18.0 Å². The highest BCUT2D eigenvalue weighted by Crippen LogP contribution is 2.31. The lowest BCUT2D eigenvalue weighted by Gasteiger charge is -2.11. The van der Waals surface area contributed by atoms with Crippen molar-refractivity contribution in [2.24, 2.45) is 0 Å². The first-order valence-corrected chi connectivity index (χ1v) is 7.08. The zero-order valence-electron chi connectivity index (χ0n) is 11.9. The predicted molar refractivity (Wildman–Crippen MR) is 80.7 cm³/mol. The molecule has 0 fully saturated rings. The van der Waals surface area contributed by atoms with Gasteiger partial charge in [-0.05, 0) is 30.3 Å². The first kappa shape index (κ1) is 17.1. The highest BCUT2D eigenvalue weighted by molar-refractivity contribution is 6.33. The SMILES string of the molecule is O=C(NCCOc1cccc(C(F)(F)F)c1)c1ccccc1Cl. The lowest BCUT2D eigenvalue weighted by Crippen LogP contribution is -2.28. The Morgan fingerprint density at radius 3 is 2.57 bits per heavy atom. The summed E-state index contributed by atoms with van der Waals surface area (Å²) in [5.41, 5.74) is -0.455. The molecule has 0 aliphatic heterocycles. The molecule has 2 aromatic carbocycles. The Morgan fingerprint density at radius 2 is 1.87 bits per heavy atom. The van der Waals surface area contributed by atoms with E-state index in [4.69, 9.17) is 16.3 Å². The first-order chi connectivity index (χ1) is 10.9. The predicted octanol–water partition coefficient (Wildman–Crippen LogP) is 4.17. The van der Waals surface area contributed by atoms with Crippen LogP contribution < -0.4 is 10.1 Å². The molecular formula is C16H13ClF3NO2. The van der Waals surface area contributed by atoms with Gasteiger partial charge in [0, 0.05) is 0 Å². The van der Waals surface area contributed by atoms with Crippen molar-refractivity contribution >= 4 is 17.5 Å². The monoisotopic (exact) mass is 343 g/mol. The van der Waals surface area contributed by atoms with Crippen LogP contribution in [0.15, 0.2) is 48.5 Å². The molecule has 0 saturated carbocycles. The smallest absolute Gasteiger partial charge is 0.416 e. The fraction of sp³-hybridized carbons (Fsp3) is 0.188. The summed E-state index contributed by atoms with van der Waals surface area (Å²) in [7, 11) is 0. The van der Waals surface area contributed by atoms with E-state index in [1.807, 2.05) is 0 Å². The van der Waals surface area contributed by atoms with Gasteiger partial charge in [-0.25, -0.2) is 0 Å². The van der Waals surface area contributed by atoms with Crippen molar-refractivity contribution in [1.29, 1.82) is 0 Å². The summed E-state index contributed by atoms with van der Waals surface area (Å²) in [5.74, 6) is -0.282. The van der Waals surface area contributed by atoms with Gasteiger partial charge in [0.2, 0.25) is 0 Å². The molecule has 0 radical (unpaired) electrons. The Labute approximate surface area is 136 Å². The lowest BCUT2D eigenvalue weighted by atomic mass is 10.2. The van der Waals surface area contributed by atoms with E-state index >= 15 is 0 Å². The maximum Gasteiger partial charge on any atom is 0.416 e. The largest absolute Gasteiger partial charge is 0.492 e. The molecule has 7 heteroatoms. The molecule has 0 atom stereocenters. The molecule has 0 saturated heterocycles. The van der Waals surface area contributed by atoms with E-state index in [0.717, 1.165) is 12.1 Å². The minimum absolute atomic E-state index is 0.0392. The van der Waals surface area contributed by atoms with Gasteiger partial charge in [-0.15, -0.1) is 0 Å². The number of hydrogen-bond acceptors (Lipinski definition) is 2. The number of amides is 1. The standard InChI is InChI=1S/C16H13ClF3NO2/c17-14-7-2-1-6-13(14)15(22)21-8-9-23-12-5-3-4-11(10-12)16(18,19)20/h1-7,10H,8-9H2,(H,21,22). The van der Waals surface area contributed by atoms with Gasteiger partial charge in [0.05, 0.1) is 22.7 Å². The first-order valence-electron chi connectivity index (χ1n) is 6.71. The average molecular weight is 344 g/mol. The molecule has 23 heavy (non-hydrogen) atoms. The van der Waals surface area contributed by atoms with Crippen LogP contribution in [0.5, 0.6) is 5.75 Å². The molecule has 0 aliphatic rings. The number of ether oxygens (including phenoxy) is 1. The van der Waals surface area contributed by atoms with Crippen molar-refractivity contribution in [3.8, 4) is 5.75 Å². The van der Waals surface area contributed by atoms with Gasteiger partial charge in [0.15, 0.2) is 0 Å². The van der Waals surface area contributed by atoms with Crippen molar-refractivity contribution in [2.45, 2.75) is 6.18 Å². The van der Waals surface area contributed by atoms with Crippen molar-refractivity contribution in [3.05, 3.63) is 64.7 Å². The van der Waals surface area contributed by atoms with Crippen LogP contribution in [0.25, 0.3) is 0 Å². The fourth-order valence-corrected chi connectivity index (χ4v) is 2.06. The summed E-state index contributed by atoms with van der Waals surface area (Å²) in [6.45, 7) is 0.178. The van der Waals surface area contributed by atoms with Crippen molar-refractivity contribution in [3.63, 3.8) is 0 Å². The van der Waals surface area contributed by atoms with Crippen molar-refractivity contribution < 1.29 is 22.7 Å². The molecule has 0 heterocycles. The molecular weight excluding hydrogens is 331 g/mol. The molecule has 3 nitrogen and oxygen atoms in total. The maximum absolute atomic E-state index is 12.6. The number of hydrogen-bond donors (Lipinski definition) is 1. The molecule has 0 spiro atoms. The Kier molecular flexibility index (Phi) is 5.50. The summed E-state index contributed by atoms with van der Waals surface area (Å²) in [6.07, 6.45) is -4.42. The van der Waals surface area contributed by atoms with E-state index in [0.29, 0.717) is 10.6 Å². The molecule has 0 unspecified atom stereocenters. The van der Waals surface area contributed by atoms with Crippen LogP contribution in [0.2, 0.25) is 5.02 Å². The van der Waals surface area contributed by atoms with Crippen molar-refractivity contribution in [2.75, 3.05) is 13.2 Å². The molecule has 0 aromatic heterocycles. The van der Waals surface area contributed by atoms with Crippen LogP contribution in [0.3, 0.4) is 0 Å². The Balaban J connectivity index is 1.84. The summed E-state index contributed by atoms with van der Waals surface area (Å²) < 4.78 is 42.9. The summed E-state index contributed by atoms with van der Waals surface area (Å²) >= 11 is 5.89. The van der Waals surface area contributed by atoms with Gasteiger partial charge in [0.1, 0.15) is 12.4 Å². The summed E-state index contributed by atoms with van der Waals surface area (Å²) in [6, 6.07) is 11.1. The number of carbonyl (C=O) groups excluding carboxylic acids is 1. The Morgan fingerprint density at radius 1 is 1.13 bits per heavy atom. The number of nitrogens with one attached hydrogen (secondary N) is 1. The third kappa shape index (κ3) is 4.89. The van der Waals surface area contributed by atoms with E-state index in [1.54, 1.807) is 24.3 Å². The highest BCUT2D eigenvalue weighted by atomic mass is 35.5. The van der Waals surface area contributed by atoms with Gasteiger partial charge < -0.3 is 10.1 Å². The molecule has 0 bridgehead atoms. The van der Waals surface area contributed by atoms with Gasteiger partial charge in [0.25, 0.3) is 5.91 Å². The van der Waals surface area contributed by atoms with E-state index in [2.05, 4.69) is 5.32 Å². The average Bonchev–Trinajstić information content (AvgIpc) is 2.51. The van der Waals surface area contributed by atoms with Gasteiger partial charge in [-0.2, -0.15) is 13.2 Å². The molecule has 0 aliphatic carbocycles. The molecule has 2 rings (SSSR count). The third-order valence-corrected chi connectivity index (χ3v) is 3.27. The number of carbonyl (C=O) groups is 1. The normalized spacial score (nSPS) is 11.1. The van der Waals surface area contributed by atoms with E-state index < -0.39 is 11.7 Å². The van der Waals surface area contributed by atoms with Gasteiger partial charge >= 0.3 is 6.18 Å². The minimum Gasteiger partial charge on any atom is -0.492 e. The van der Waals surface area contributed by atoms with E-state index in [-0.39, 0.29) is 24.8 Å². The Bertz CT molecular complexity index is 689. The quantitative estimate of drug-likeness (QED) is 0.828. The zero-order valence-corrected chi connectivity index (χ0v) is 12.6. The second-order valence-electron chi connectivity index (χ2n) is 4.61. The topological polar surface area (TPSA) is 38.3 Å². The number of benzene rings is 2. The van der Waals surface area contributed by atoms with Crippen LogP contribution in [-0.2, 0) is 6.18 Å². The minimum atomic E-state index is -4.42.